The molecule has 6 nitrogen and oxygen atoms in total. The average Bonchev–Trinajstić information content (AvgIpc) is 2.77. The van der Waals surface area contributed by atoms with Crippen LogP contribution in [0.15, 0.2) is 57.7 Å². The molecule has 0 unspecified atom stereocenters. The molecule has 1 aliphatic carbocycles. The van der Waals surface area contributed by atoms with Gasteiger partial charge in [-0.05, 0) is 40.8 Å². The predicted molar refractivity (Wildman–Crippen MR) is 125 cm³/mol. The van der Waals surface area contributed by atoms with E-state index in [9.17, 15) is 18.8 Å². The third-order valence-electron chi connectivity index (χ3n) is 5.54. The fraction of sp³-hybridized carbons (Fsp3) is 0.222. The van der Waals surface area contributed by atoms with E-state index in [-0.39, 0.29) is 27.9 Å². The Morgan fingerprint density at radius 3 is 2.34 bits per heavy atom. The molecule has 1 aliphatic heterocycles. The van der Waals surface area contributed by atoms with Crippen LogP contribution in [0.3, 0.4) is 0 Å². The molecule has 180 valence electrons. The number of hydrogen-bond donors (Lipinski definition) is 0. The molecule has 2 aromatic rings. The monoisotopic (exact) mass is 480 g/mol. The molecule has 0 aromatic heterocycles. The van der Waals surface area contributed by atoms with Crippen LogP contribution in [0, 0.1) is 11.6 Å². The summed E-state index contributed by atoms with van der Waals surface area (Å²) in [5.74, 6) is -2.88. The first-order valence-corrected chi connectivity index (χ1v) is 10.8. The number of benzene rings is 3. The molecule has 0 N–H and O–H groups in total. The molecule has 2 aliphatic rings. The Hall–Kier alpha value is -4.07. The Morgan fingerprint density at radius 2 is 1.66 bits per heavy atom. The summed E-state index contributed by atoms with van der Waals surface area (Å²) in [6, 6.07) is 11.2. The van der Waals surface area contributed by atoms with Gasteiger partial charge in [-0.2, -0.15) is 0 Å². The van der Waals surface area contributed by atoms with Crippen molar-refractivity contribution >= 4 is 22.9 Å². The zero-order valence-electron chi connectivity index (χ0n) is 19.5. The number of halogens is 2. The van der Waals surface area contributed by atoms with E-state index in [2.05, 4.69) is 4.74 Å². The normalized spacial score (nSPS) is 11.6. The molecule has 0 saturated heterocycles. The molecule has 0 amide bonds. The summed E-state index contributed by atoms with van der Waals surface area (Å²) in [7, 11) is 0. The summed E-state index contributed by atoms with van der Waals surface area (Å²) >= 11 is 0. The van der Waals surface area contributed by atoms with E-state index in [1.807, 2.05) is 20.8 Å². The lowest BCUT2D eigenvalue weighted by Gasteiger charge is -2.22. The van der Waals surface area contributed by atoms with Gasteiger partial charge in [0.25, 0.3) is 0 Å². The third-order valence-corrected chi connectivity index (χ3v) is 5.54. The van der Waals surface area contributed by atoms with Gasteiger partial charge in [0, 0.05) is 29.5 Å². The van der Waals surface area contributed by atoms with Crippen LogP contribution in [0.25, 0.3) is 33.4 Å². The lowest BCUT2D eigenvalue weighted by atomic mass is 9.84. The molecule has 1 heterocycles. The first kappa shape index (κ1) is 24.1. The maximum Gasteiger partial charge on any atom is 0.341 e. The molecule has 4 rings (SSSR count). The molecule has 0 atom stereocenters. The van der Waals surface area contributed by atoms with Gasteiger partial charge in [0.15, 0.2) is 5.82 Å². The van der Waals surface area contributed by atoms with Crippen LogP contribution in [0.4, 0.5) is 8.78 Å². The quantitative estimate of drug-likeness (QED) is 0.208. The number of esters is 2. The summed E-state index contributed by atoms with van der Waals surface area (Å²) in [4.78, 5) is 35.9. The van der Waals surface area contributed by atoms with Gasteiger partial charge in [0.05, 0.1) is 5.56 Å². The second-order valence-electron chi connectivity index (χ2n) is 9.07. The highest BCUT2D eigenvalue weighted by atomic mass is 19.1. The van der Waals surface area contributed by atoms with Crippen molar-refractivity contribution in [1.82, 2.24) is 0 Å². The van der Waals surface area contributed by atoms with E-state index in [1.165, 1.54) is 19.1 Å². The lowest BCUT2D eigenvalue weighted by Crippen LogP contribution is -2.14. The van der Waals surface area contributed by atoms with Gasteiger partial charge >= 0.3 is 11.9 Å². The molecule has 8 heteroatoms. The van der Waals surface area contributed by atoms with Crippen LogP contribution < -0.4 is 5.43 Å². The van der Waals surface area contributed by atoms with E-state index in [0.29, 0.717) is 16.7 Å². The standard InChI is InChI=1S/C27H22F2O6/c1-14(30)33-13-34-26(32)16-8-6-5-7-15(16)25-17-9-20(28)19(27(2,3)4)11-23(17)35-24-12-22(31)21(29)10-18(24)25/h5-12H,13H2,1-4H3. The van der Waals surface area contributed by atoms with Gasteiger partial charge in [0.1, 0.15) is 17.2 Å². The van der Waals surface area contributed by atoms with Crippen molar-refractivity contribution in [2.75, 3.05) is 6.79 Å². The van der Waals surface area contributed by atoms with Crippen LogP contribution >= 0.6 is 0 Å². The molecule has 2 aromatic carbocycles. The van der Waals surface area contributed by atoms with Crippen molar-refractivity contribution in [3.63, 3.8) is 0 Å². The van der Waals surface area contributed by atoms with Gasteiger partial charge in [-0.15, -0.1) is 0 Å². The van der Waals surface area contributed by atoms with E-state index in [4.69, 9.17) is 9.15 Å². The number of ether oxygens (including phenoxy) is 2. The second-order valence-corrected chi connectivity index (χ2v) is 9.07. The highest BCUT2D eigenvalue weighted by Crippen LogP contribution is 2.43. The Bertz CT molecular complexity index is 1500. The summed E-state index contributed by atoms with van der Waals surface area (Å²) in [5.41, 5.74) is 0.0717. The van der Waals surface area contributed by atoms with Crippen molar-refractivity contribution in [3.05, 3.63) is 81.5 Å². The molecule has 0 saturated carbocycles. The highest BCUT2D eigenvalue weighted by molar-refractivity contribution is 6.07. The zero-order chi connectivity index (χ0) is 25.5. The summed E-state index contributed by atoms with van der Waals surface area (Å²) in [5, 5.41) is 0.279. The number of fused-ring (bicyclic) bond motifs is 2. The molecule has 0 bridgehead atoms. The summed E-state index contributed by atoms with van der Waals surface area (Å²) in [6.45, 7) is 6.12. The minimum Gasteiger partial charge on any atom is -0.456 e. The molecular weight excluding hydrogens is 458 g/mol. The van der Waals surface area contributed by atoms with Crippen LogP contribution in [0.5, 0.6) is 0 Å². The van der Waals surface area contributed by atoms with Crippen molar-refractivity contribution < 1.29 is 32.3 Å². The number of carbonyl (C=O) groups excluding carboxylic acids is 2. The van der Waals surface area contributed by atoms with Crippen molar-refractivity contribution in [2.45, 2.75) is 33.1 Å². The minimum absolute atomic E-state index is 0.0698. The van der Waals surface area contributed by atoms with Crippen molar-refractivity contribution in [1.29, 1.82) is 0 Å². The number of rotatable bonds is 4. The zero-order valence-corrected chi connectivity index (χ0v) is 19.5. The molecule has 0 fully saturated rings. The lowest BCUT2D eigenvalue weighted by molar-refractivity contribution is -0.149. The predicted octanol–water partition coefficient (Wildman–Crippen LogP) is 5.82. The van der Waals surface area contributed by atoms with E-state index in [1.54, 1.807) is 24.3 Å². The topological polar surface area (TPSA) is 82.8 Å². The highest BCUT2D eigenvalue weighted by Gasteiger charge is 2.26. The molecule has 0 radical (unpaired) electrons. The minimum atomic E-state index is -1.02. The second kappa shape index (κ2) is 8.94. The van der Waals surface area contributed by atoms with E-state index < -0.39 is 41.2 Å². The SMILES string of the molecule is CC(=O)OCOC(=O)c1ccccc1-c1c2cc(F)c(=O)cc-2oc2cc(C(C)(C)C)c(F)cc12. The van der Waals surface area contributed by atoms with Crippen molar-refractivity contribution in [2.24, 2.45) is 0 Å². The van der Waals surface area contributed by atoms with Gasteiger partial charge in [-0.25, -0.2) is 13.6 Å². The van der Waals surface area contributed by atoms with Crippen LogP contribution in [0.2, 0.25) is 0 Å². The Labute approximate surface area is 199 Å². The van der Waals surface area contributed by atoms with Crippen LogP contribution in [-0.4, -0.2) is 18.7 Å². The summed E-state index contributed by atoms with van der Waals surface area (Å²) < 4.78 is 45.3. The fourth-order valence-electron chi connectivity index (χ4n) is 3.90. The van der Waals surface area contributed by atoms with Crippen LogP contribution in [-0.2, 0) is 19.7 Å². The third kappa shape index (κ3) is 4.64. The maximum atomic E-state index is 15.3. The van der Waals surface area contributed by atoms with E-state index in [0.717, 1.165) is 12.1 Å². The van der Waals surface area contributed by atoms with Gasteiger partial charge < -0.3 is 13.9 Å². The molecular formula is C27H22F2O6. The van der Waals surface area contributed by atoms with Crippen LogP contribution in [0.1, 0.15) is 43.6 Å². The largest absolute Gasteiger partial charge is 0.456 e. The fourth-order valence-corrected chi connectivity index (χ4v) is 3.90. The molecule has 35 heavy (non-hydrogen) atoms. The Balaban J connectivity index is 2.04. The van der Waals surface area contributed by atoms with Crippen molar-refractivity contribution in [3.8, 4) is 22.5 Å². The first-order valence-electron chi connectivity index (χ1n) is 10.8. The Morgan fingerprint density at radius 1 is 0.943 bits per heavy atom. The Kier molecular flexibility index (Phi) is 6.15. The number of carbonyl (C=O) groups is 2. The summed E-state index contributed by atoms with van der Waals surface area (Å²) in [6.07, 6.45) is 0. The van der Waals surface area contributed by atoms with Gasteiger partial charge in [-0.3, -0.25) is 9.59 Å². The number of hydrogen-bond acceptors (Lipinski definition) is 6. The maximum absolute atomic E-state index is 15.3. The molecule has 0 spiro atoms. The smallest absolute Gasteiger partial charge is 0.341 e. The van der Waals surface area contributed by atoms with Gasteiger partial charge in [0.2, 0.25) is 12.2 Å². The first-order chi connectivity index (χ1) is 16.5. The average molecular weight is 480 g/mol. The van der Waals surface area contributed by atoms with E-state index >= 15 is 4.39 Å². The van der Waals surface area contributed by atoms with Gasteiger partial charge in [-0.1, -0.05) is 39.0 Å².